The average molecular weight is 356 g/mol. The number of aryl methyl sites for hydroxylation is 1. The predicted molar refractivity (Wildman–Crippen MR) is 98.9 cm³/mol. The predicted octanol–water partition coefficient (Wildman–Crippen LogP) is 2.89. The Bertz CT molecular complexity index is 704. The number of benzene rings is 1. The van der Waals surface area contributed by atoms with E-state index in [-0.39, 0.29) is 5.54 Å². The summed E-state index contributed by atoms with van der Waals surface area (Å²) in [6.07, 6.45) is 6.12. The number of rotatable bonds is 5. The second kappa shape index (κ2) is 7.76. The summed E-state index contributed by atoms with van der Waals surface area (Å²) < 4.78 is 13.4. The SMILES string of the molecule is Cn1nc(COc2ccccc2)nc1C1(N2CCOCC2)CCCCC1. The number of ether oxygens (including phenoxy) is 2. The molecule has 140 valence electrons. The Morgan fingerprint density at radius 2 is 1.81 bits per heavy atom. The summed E-state index contributed by atoms with van der Waals surface area (Å²) in [7, 11) is 2.02. The third kappa shape index (κ3) is 3.48. The van der Waals surface area contributed by atoms with Crippen LogP contribution in [0, 0.1) is 0 Å². The quantitative estimate of drug-likeness (QED) is 0.824. The molecule has 0 radical (unpaired) electrons. The summed E-state index contributed by atoms with van der Waals surface area (Å²) in [5.74, 6) is 2.69. The second-order valence-electron chi connectivity index (χ2n) is 7.27. The van der Waals surface area contributed by atoms with Crippen LogP contribution in [0.3, 0.4) is 0 Å². The first kappa shape index (κ1) is 17.5. The van der Waals surface area contributed by atoms with Gasteiger partial charge in [-0.2, -0.15) is 5.10 Å². The van der Waals surface area contributed by atoms with Crippen LogP contribution in [0.15, 0.2) is 30.3 Å². The number of hydrogen-bond donors (Lipinski definition) is 0. The molecule has 0 spiro atoms. The van der Waals surface area contributed by atoms with Crippen LogP contribution in [0.4, 0.5) is 0 Å². The van der Waals surface area contributed by atoms with E-state index >= 15 is 0 Å². The van der Waals surface area contributed by atoms with E-state index in [1.807, 2.05) is 42.1 Å². The minimum Gasteiger partial charge on any atom is -0.486 e. The number of nitrogens with zero attached hydrogens (tertiary/aromatic N) is 4. The van der Waals surface area contributed by atoms with Gasteiger partial charge in [-0.3, -0.25) is 9.58 Å². The van der Waals surface area contributed by atoms with Crippen molar-refractivity contribution >= 4 is 0 Å². The fraction of sp³-hybridized carbons (Fsp3) is 0.600. The van der Waals surface area contributed by atoms with Crippen molar-refractivity contribution in [1.29, 1.82) is 0 Å². The highest BCUT2D eigenvalue weighted by Crippen LogP contribution is 2.41. The molecule has 1 aliphatic carbocycles. The molecule has 1 aliphatic heterocycles. The van der Waals surface area contributed by atoms with Gasteiger partial charge in [-0.05, 0) is 25.0 Å². The van der Waals surface area contributed by atoms with Crippen molar-refractivity contribution in [3.63, 3.8) is 0 Å². The number of hydrogen-bond acceptors (Lipinski definition) is 5. The molecule has 1 aromatic carbocycles. The average Bonchev–Trinajstić information content (AvgIpc) is 3.09. The van der Waals surface area contributed by atoms with Crippen LogP contribution in [0.1, 0.15) is 43.8 Å². The van der Waals surface area contributed by atoms with Crippen molar-refractivity contribution in [3.8, 4) is 5.75 Å². The molecule has 1 saturated carbocycles. The van der Waals surface area contributed by atoms with Gasteiger partial charge in [0.1, 0.15) is 18.2 Å². The highest BCUT2D eigenvalue weighted by Gasteiger charge is 2.43. The number of aromatic nitrogens is 3. The smallest absolute Gasteiger partial charge is 0.188 e. The minimum absolute atomic E-state index is 0.00518. The van der Waals surface area contributed by atoms with Crippen LogP contribution in [-0.2, 0) is 23.9 Å². The van der Waals surface area contributed by atoms with Crippen molar-refractivity contribution < 1.29 is 9.47 Å². The van der Waals surface area contributed by atoms with E-state index in [1.165, 1.54) is 19.3 Å². The lowest BCUT2D eigenvalue weighted by Crippen LogP contribution is -2.53. The van der Waals surface area contributed by atoms with E-state index in [9.17, 15) is 0 Å². The number of morpholine rings is 1. The van der Waals surface area contributed by atoms with Crippen LogP contribution in [0.25, 0.3) is 0 Å². The van der Waals surface area contributed by atoms with Crippen LogP contribution < -0.4 is 4.74 Å². The summed E-state index contributed by atoms with van der Waals surface area (Å²) in [6, 6.07) is 9.85. The zero-order valence-electron chi connectivity index (χ0n) is 15.6. The Hall–Kier alpha value is -1.92. The molecule has 0 bridgehead atoms. The fourth-order valence-electron chi connectivity index (χ4n) is 4.38. The van der Waals surface area contributed by atoms with E-state index in [1.54, 1.807) is 0 Å². The van der Waals surface area contributed by atoms with Gasteiger partial charge >= 0.3 is 0 Å². The summed E-state index contributed by atoms with van der Waals surface area (Å²) >= 11 is 0. The molecule has 26 heavy (non-hydrogen) atoms. The van der Waals surface area contributed by atoms with E-state index in [0.29, 0.717) is 6.61 Å². The monoisotopic (exact) mass is 356 g/mol. The maximum Gasteiger partial charge on any atom is 0.188 e. The maximum absolute atomic E-state index is 5.85. The fourth-order valence-corrected chi connectivity index (χ4v) is 4.38. The van der Waals surface area contributed by atoms with Gasteiger partial charge in [0.2, 0.25) is 0 Å². The van der Waals surface area contributed by atoms with Gasteiger partial charge in [-0.1, -0.05) is 37.5 Å². The minimum atomic E-state index is -0.00518. The van der Waals surface area contributed by atoms with Gasteiger partial charge in [-0.15, -0.1) is 0 Å². The van der Waals surface area contributed by atoms with Crippen LogP contribution >= 0.6 is 0 Å². The third-order valence-electron chi connectivity index (χ3n) is 5.63. The Morgan fingerprint density at radius 1 is 1.08 bits per heavy atom. The van der Waals surface area contributed by atoms with Gasteiger partial charge < -0.3 is 9.47 Å². The molecule has 1 saturated heterocycles. The largest absolute Gasteiger partial charge is 0.486 e. The lowest BCUT2D eigenvalue weighted by Gasteiger charge is -2.47. The molecule has 2 aromatic rings. The number of para-hydroxylation sites is 1. The van der Waals surface area contributed by atoms with Crippen molar-refractivity contribution in [3.05, 3.63) is 42.0 Å². The first-order chi connectivity index (χ1) is 12.8. The Morgan fingerprint density at radius 3 is 2.54 bits per heavy atom. The molecule has 0 unspecified atom stereocenters. The highest BCUT2D eigenvalue weighted by molar-refractivity contribution is 5.21. The molecule has 1 aromatic heterocycles. The first-order valence-electron chi connectivity index (χ1n) is 9.69. The third-order valence-corrected chi connectivity index (χ3v) is 5.63. The lowest BCUT2D eigenvalue weighted by atomic mass is 9.79. The molecule has 0 atom stereocenters. The van der Waals surface area contributed by atoms with E-state index in [4.69, 9.17) is 14.5 Å². The van der Waals surface area contributed by atoms with E-state index in [0.717, 1.165) is 56.5 Å². The highest BCUT2D eigenvalue weighted by atomic mass is 16.5. The van der Waals surface area contributed by atoms with E-state index in [2.05, 4.69) is 10.00 Å². The molecule has 4 rings (SSSR count). The van der Waals surface area contributed by atoms with E-state index < -0.39 is 0 Å². The lowest BCUT2D eigenvalue weighted by molar-refractivity contribution is -0.0456. The zero-order chi connectivity index (χ0) is 17.8. The molecule has 2 heterocycles. The normalized spacial score (nSPS) is 20.8. The zero-order valence-corrected chi connectivity index (χ0v) is 15.6. The van der Waals surface area contributed by atoms with Gasteiger partial charge in [-0.25, -0.2) is 4.98 Å². The first-order valence-corrected chi connectivity index (χ1v) is 9.69. The van der Waals surface area contributed by atoms with Crippen LogP contribution in [0.2, 0.25) is 0 Å². The molecule has 6 nitrogen and oxygen atoms in total. The maximum atomic E-state index is 5.85. The van der Waals surface area contributed by atoms with Crippen molar-refractivity contribution in [1.82, 2.24) is 19.7 Å². The topological polar surface area (TPSA) is 52.4 Å². The summed E-state index contributed by atoms with van der Waals surface area (Å²) in [4.78, 5) is 7.53. The Balaban J connectivity index is 1.56. The van der Waals surface area contributed by atoms with Crippen molar-refractivity contribution in [2.45, 2.75) is 44.2 Å². The Kier molecular flexibility index (Phi) is 5.22. The molecular formula is C20H28N4O2. The van der Waals surface area contributed by atoms with Crippen molar-refractivity contribution in [2.24, 2.45) is 7.05 Å². The standard InChI is InChI=1S/C20H28N4O2/c1-23-19(21-18(22-23)16-26-17-8-4-2-5-9-17)20(10-6-3-7-11-20)24-12-14-25-15-13-24/h2,4-5,8-9H,3,6-7,10-16H2,1H3. The molecule has 2 fully saturated rings. The molecular weight excluding hydrogens is 328 g/mol. The van der Waals surface area contributed by atoms with Gasteiger partial charge in [0.05, 0.1) is 18.8 Å². The summed E-state index contributed by atoms with van der Waals surface area (Å²) in [5, 5.41) is 4.66. The molecule has 0 N–H and O–H groups in total. The molecule has 0 amide bonds. The second-order valence-corrected chi connectivity index (χ2v) is 7.27. The summed E-state index contributed by atoms with van der Waals surface area (Å²) in [6.45, 7) is 3.97. The summed E-state index contributed by atoms with van der Waals surface area (Å²) in [5.41, 5.74) is -0.00518. The van der Waals surface area contributed by atoms with Gasteiger partial charge in [0.15, 0.2) is 5.82 Å². The van der Waals surface area contributed by atoms with Crippen molar-refractivity contribution in [2.75, 3.05) is 26.3 Å². The van der Waals surface area contributed by atoms with Gasteiger partial charge in [0.25, 0.3) is 0 Å². The molecule has 6 heteroatoms. The Labute approximate surface area is 155 Å². The van der Waals surface area contributed by atoms with Crippen LogP contribution in [-0.4, -0.2) is 46.0 Å². The van der Waals surface area contributed by atoms with Crippen LogP contribution in [0.5, 0.6) is 5.75 Å². The van der Waals surface area contributed by atoms with Gasteiger partial charge in [0, 0.05) is 20.1 Å². The molecule has 2 aliphatic rings.